The summed E-state index contributed by atoms with van der Waals surface area (Å²) in [4.78, 5) is 2.01. The van der Waals surface area contributed by atoms with E-state index < -0.39 is 11.6 Å². The molecule has 2 aliphatic rings. The van der Waals surface area contributed by atoms with E-state index in [1.807, 2.05) is 4.90 Å². The van der Waals surface area contributed by atoms with Crippen molar-refractivity contribution in [2.24, 2.45) is 5.41 Å². The number of piperidine rings is 1. The molecule has 4 heteroatoms. The molecule has 0 radical (unpaired) electrons. The first-order valence-electron chi connectivity index (χ1n) is 5.83. The largest absolute Gasteiger partial charge is 0.395 e. The van der Waals surface area contributed by atoms with Crippen molar-refractivity contribution in [2.45, 2.75) is 44.7 Å². The fraction of sp³-hybridized carbons (Fsp3) is 1.00. The highest BCUT2D eigenvalue weighted by molar-refractivity contribution is 4.96. The summed E-state index contributed by atoms with van der Waals surface area (Å²) in [7, 11) is 0. The predicted molar refractivity (Wildman–Crippen MR) is 52.6 cm³/mol. The molecule has 0 atom stereocenters. The lowest BCUT2D eigenvalue weighted by Crippen LogP contribution is -2.52. The van der Waals surface area contributed by atoms with Gasteiger partial charge in [0.15, 0.2) is 0 Å². The topological polar surface area (TPSA) is 3.24 Å². The maximum atomic E-state index is 12.9. The number of rotatable bonds is 2. The Bertz CT molecular complexity index is 214. The third-order valence-electron chi connectivity index (χ3n) is 3.89. The van der Waals surface area contributed by atoms with Gasteiger partial charge in [0, 0.05) is 6.54 Å². The first-order valence-corrected chi connectivity index (χ1v) is 5.83. The average molecular weight is 221 g/mol. The van der Waals surface area contributed by atoms with Gasteiger partial charge in [-0.2, -0.15) is 13.2 Å². The molecule has 1 saturated carbocycles. The summed E-state index contributed by atoms with van der Waals surface area (Å²) in [6.45, 7) is 1.96. The minimum atomic E-state index is -4.00. The van der Waals surface area contributed by atoms with Gasteiger partial charge in [-0.25, -0.2) is 0 Å². The first kappa shape index (κ1) is 11.2. The SMILES string of the molecule is FC(F)(F)C1(CN2CCCCC2)CCC1. The van der Waals surface area contributed by atoms with E-state index in [4.69, 9.17) is 0 Å². The van der Waals surface area contributed by atoms with Crippen molar-refractivity contribution in [2.75, 3.05) is 19.6 Å². The van der Waals surface area contributed by atoms with Crippen molar-refractivity contribution in [3.8, 4) is 0 Å². The van der Waals surface area contributed by atoms with Crippen LogP contribution in [0.2, 0.25) is 0 Å². The van der Waals surface area contributed by atoms with Crippen molar-refractivity contribution in [1.29, 1.82) is 0 Å². The van der Waals surface area contributed by atoms with Crippen LogP contribution in [-0.2, 0) is 0 Å². The van der Waals surface area contributed by atoms with Gasteiger partial charge >= 0.3 is 6.18 Å². The van der Waals surface area contributed by atoms with E-state index in [2.05, 4.69) is 0 Å². The van der Waals surface area contributed by atoms with Crippen LogP contribution in [0.15, 0.2) is 0 Å². The molecular formula is C11H18F3N. The highest BCUT2D eigenvalue weighted by Crippen LogP contribution is 2.53. The second-order valence-corrected chi connectivity index (χ2v) is 4.97. The number of nitrogens with zero attached hydrogens (tertiary/aromatic N) is 1. The van der Waals surface area contributed by atoms with E-state index >= 15 is 0 Å². The van der Waals surface area contributed by atoms with Crippen molar-refractivity contribution in [1.82, 2.24) is 4.90 Å². The van der Waals surface area contributed by atoms with E-state index in [1.165, 1.54) is 6.42 Å². The lowest BCUT2D eigenvalue weighted by Gasteiger charge is -2.46. The van der Waals surface area contributed by atoms with Crippen LogP contribution in [0.25, 0.3) is 0 Å². The second-order valence-electron chi connectivity index (χ2n) is 4.97. The number of halogens is 3. The van der Waals surface area contributed by atoms with Crippen molar-refractivity contribution in [3.05, 3.63) is 0 Å². The van der Waals surface area contributed by atoms with Gasteiger partial charge in [0.2, 0.25) is 0 Å². The fourth-order valence-corrected chi connectivity index (χ4v) is 2.68. The lowest BCUT2D eigenvalue weighted by molar-refractivity contribution is -0.256. The van der Waals surface area contributed by atoms with Crippen LogP contribution in [0.3, 0.4) is 0 Å². The van der Waals surface area contributed by atoms with E-state index in [1.54, 1.807) is 0 Å². The lowest BCUT2D eigenvalue weighted by atomic mass is 9.67. The van der Waals surface area contributed by atoms with Gasteiger partial charge in [0.1, 0.15) is 0 Å². The smallest absolute Gasteiger partial charge is 0.302 e. The Morgan fingerprint density at radius 2 is 1.53 bits per heavy atom. The molecule has 0 aromatic rings. The van der Waals surface area contributed by atoms with E-state index in [0.29, 0.717) is 12.8 Å². The van der Waals surface area contributed by atoms with Gasteiger partial charge in [0.25, 0.3) is 0 Å². The van der Waals surface area contributed by atoms with Crippen LogP contribution in [0.5, 0.6) is 0 Å². The van der Waals surface area contributed by atoms with Crippen molar-refractivity contribution < 1.29 is 13.2 Å². The van der Waals surface area contributed by atoms with Crippen LogP contribution in [0.4, 0.5) is 13.2 Å². The van der Waals surface area contributed by atoms with Crippen molar-refractivity contribution in [3.63, 3.8) is 0 Å². The van der Waals surface area contributed by atoms with Crippen molar-refractivity contribution >= 4 is 0 Å². The summed E-state index contributed by atoms with van der Waals surface area (Å²) in [5.74, 6) is 0. The number of alkyl halides is 3. The van der Waals surface area contributed by atoms with Gasteiger partial charge in [0.05, 0.1) is 5.41 Å². The normalized spacial score (nSPS) is 27.4. The first-order chi connectivity index (χ1) is 7.04. The van der Waals surface area contributed by atoms with Crippen LogP contribution >= 0.6 is 0 Å². The van der Waals surface area contributed by atoms with E-state index in [9.17, 15) is 13.2 Å². The molecule has 0 spiro atoms. The number of likely N-dealkylation sites (tertiary alicyclic amines) is 1. The van der Waals surface area contributed by atoms with Gasteiger partial charge in [-0.3, -0.25) is 0 Å². The summed E-state index contributed by atoms with van der Waals surface area (Å²) in [5.41, 5.74) is -1.36. The molecule has 1 aliphatic carbocycles. The zero-order valence-electron chi connectivity index (χ0n) is 8.95. The third-order valence-corrected chi connectivity index (χ3v) is 3.89. The van der Waals surface area contributed by atoms with Crippen LogP contribution in [0, 0.1) is 5.41 Å². The highest BCUT2D eigenvalue weighted by atomic mass is 19.4. The molecule has 15 heavy (non-hydrogen) atoms. The third kappa shape index (κ3) is 2.14. The summed E-state index contributed by atoms with van der Waals surface area (Å²) in [6, 6.07) is 0. The standard InChI is InChI=1S/C11H18F3N/c12-11(13,14)10(5-4-6-10)9-15-7-2-1-3-8-15/h1-9H2. The van der Waals surface area contributed by atoms with Gasteiger partial charge in [-0.05, 0) is 38.8 Å². The second kappa shape index (κ2) is 3.96. The fourth-order valence-electron chi connectivity index (χ4n) is 2.68. The number of hydrogen-bond acceptors (Lipinski definition) is 1. The summed E-state index contributed by atoms with van der Waals surface area (Å²) >= 11 is 0. The molecular weight excluding hydrogens is 203 g/mol. The molecule has 88 valence electrons. The Kier molecular flexibility index (Phi) is 2.97. The summed E-state index contributed by atoms with van der Waals surface area (Å²) < 4.78 is 38.7. The van der Waals surface area contributed by atoms with Gasteiger partial charge in [-0.15, -0.1) is 0 Å². The quantitative estimate of drug-likeness (QED) is 0.692. The highest BCUT2D eigenvalue weighted by Gasteiger charge is 2.58. The predicted octanol–water partition coefficient (Wildman–Crippen LogP) is 3.20. The van der Waals surface area contributed by atoms with Gasteiger partial charge < -0.3 is 4.90 Å². The van der Waals surface area contributed by atoms with Gasteiger partial charge in [-0.1, -0.05) is 12.8 Å². The molecule has 1 aliphatic heterocycles. The Labute approximate surface area is 88.6 Å². The molecule has 2 rings (SSSR count). The van der Waals surface area contributed by atoms with Crippen LogP contribution in [-0.4, -0.2) is 30.7 Å². The molecule has 0 amide bonds. The molecule has 0 N–H and O–H groups in total. The molecule has 0 unspecified atom stereocenters. The van der Waals surface area contributed by atoms with E-state index in [0.717, 1.165) is 32.4 Å². The minimum absolute atomic E-state index is 0.247. The minimum Gasteiger partial charge on any atom is -0.302 e. The summed E-state index contributed by atoms with van der Waals surface area (Å²) in [5, 5.41) is 0. The molecule has 0 aromatic carbocycles. The number of hydrogen-bond donors (Lipinski definition) is 0. The zero-order valence-corrected chi connectivity index (χ0v) is 8.95. The Hall–Kier alpha value is -0.250. The maximum absolute atomic E-state index is 12.9. The summed E-state index contributed by atoms with van der Waals surface area (Å²) in [6.07, 6.45) is 0.730. The molecule has 1 heterocycles. The Morgan fingerprint density at radius 3 is 1.93 bits per heavy atom. The molecule has 0 bridgehead atoms. The van der Waals surface area contributed by atoms with Crippen LogP contribution in [0.1, 0.15) is 38.5 Å². The Morgan fingerprint density at radius 1 is 0.933 bits per heavy atom. The molecule has 1 saturated heterocycles. The average Bonchev–Trinajstić information content (AvgIpc) is 2.11. The monoisotopic (exact) mass is 221 g/mol. The maximum Gasteiger partial charge on any atom is 0.395 e. The zero-order chi connectivity index (χ0) is 10.9. The molecule has 0 aromatic heterocycles. The Balaban J connectivity index is 1.95. The molecule has 1 nitrogen and oxygen atoms in total. The van der Waals surface area contributed by atoms with E-state index in [-0.39, 0.29) is 6.54 Å². The molecule has 2 fully saturated rings. The van der Waals surface area contributed by atoms with Crippen LogP contribution < -0.4 is 0 Å².